The van der Waals surface area contributed by atoms with Crippen LogP contribution in [0.25, 0.3) is 10.8 Å². The molecule has 2 N–H and O–H groups in total. The molecule has 0 bridgehead atoms. The molecule has 4 aromatic rings. The van der Waals surface area contributed by atoms with Gasteiger partial charge in [0.1, 0.15) is 11.5 Å². The van der Waals surface area contributed by atoms with E-state index in [0.717, 1.165) is 33.4 Å². The Morgan fingerprint density at radius 3 is 2.31 bits per heavy atom. The lowest BCUT2D eigenvalue weighted by atomic mass is 9.97. The van der Waals surface area contributed by atoms with Crippen LogP contribution < -0.4 is 15.2 Å². The maximum Gasteiger partial charge on any atom is 0.281 e. The SMILES string of the molecule is COc1ccc(C2CC(c3ccc4ccccc4c3)=NN2C(=O)COc2ccc(C(N)=O)cc2)cc1. The fourth-order valence-corrected chi connectivity index (χ4v) is 4.30. The van der Waals surface area contributed by atoms with Gasteiger partial charge in [0.25, 0.3) is 5.91 Å². The number of fused-ring (bicyclic) bond motifs is 1. The third kappa shape index (κ3) is 4.77. The maximum atomic E-state index is 13.3. The first-order chi connectivity index (χ1) is 17.5. The average molecular weight is 480 g/mol. The van der Waals surface area contributed by atoms with Gasteiger partial charge in [0.2, 0.25) is 5.91 Å². The average Bonchev–Trinajstić information content (AvgIpc) is 3.37. The first kappa shape index (κ1) is 23.1. The van der Waals surface area contributed by atoms with E-state index in [1.807, 2.05) is 42.5 Å². The van der Waals surface area contributed by atoms with Crippen molar-refractivity contribution in [3.8, 4) is 11.5 Å². The highest BCUT2D eigenvalue weighted by Gasteiger charge is 2.33. The van der Waals surface area contributed by atoms with Crippen LogP contribution in [0.15, 0.2) is 96.1 Å². The molecule has 1 heterocycles. The van der Waals surface area contributed by atoms with Gasteiger partial charge in [-0.15, -0.1) is 0 Å². The third-order valence-electron chi connectivity index (χ3n) is 6.25. The van der Waals surface area contributed by atoms with E-state index in [1.54, 1.807) is 31.4 Å². The number of hydrogen-bond acceptors (Lipinski definition) is 5. The Bertz CT molecular complexity index is 1450. The molecule has 0 aliphatic carbocycles. The van der Waals surface area contributed by atoms with Crippen molar-refractivity contribution in [1.82, 2.24) is 5.01 Å². The number of hydrazone groups is 1. The van der Waals surface area contributed by atoms with E-state index in [0.29, 0.717) is 17.7 Å². The zero-order valence-electron chi connectivity index (χ0n) is 19.8. The van der Waals surface area contributed by atoms with Crippen LogP contribution in [0.4, 0.5) is 0 Å². The number of nitrogens with two attached hydrogens (primary N) is 1. The van der Waals surface area contributed by atoms with Crippen molar-refractivity contribution < 1.29 is 19.1 Å². The van der Waals surface area contributed by atoms with E-state index in [1.165, 1.54) is 5.01 Å². The molecule has 0 fully saturated rings. The molecule has 36 heavy (non-hydrogen) atoms. The molecule has 0 saturated heterocycles. The van der Waals surface area contributed by atoms with Crippen molar-refractivity contribution in [2.75, 3.05) is 13.7 Å². The number of primary amides is 1. The summed E-state index contributed by atoms with van der Waals surface area (Å²) in [4.78, 5) is 24.6. The molecule has 7 nitrogen and oxygen atoms in total. The van der Waals surface area contributed by atoms with Gasteiger partial charge >= 0.3 is 0 Å². The standard InChI is InChI=1S/C29H25N3O4/c1-35-24-12-8-20(9-13-24)27-17-26(23-7-6-19-4-2-3-5-22(19)16-23)31-32(27)28(33)18-36-25-14-10-21(11-15-25)29(30)34/h2-16,27H,17-18H2,1H3,(H2,30,34). The first-order valence-corrected chi connectivity index (χ1v) is 11.6. The molecule has 5 rings (SSSR count). The number of methoxy groups -OCH3 is 1. The Morgan fingerprint density at radius 1 is 0.917 bits per heavy atom. The highest BCUT2D eigenvalue weighted by atomic mass is 16.5. The van der Waals surface area contributed by atoms with E-state index in [9.17, 15) is 9.59 Å². The minimum atomic E-state index is -0.521. The minimum Gasteiger partial charge on any atom is -0.497 e. The molecule has 0 radical (unpaired) electrons. The van der Waals surface area contributed by atoms with Crippen molar-refractivity contribution in [2.24, 2.45) is 10.8 Å². The Kier molecular flexibility index (Phi) is 6.36. The third-order valence-corrected chi connectivity index (χ3v) is 6.25. The predicted molar refractivity (Wildman–Crippen MR) is 138 cm³/mol. The van der Waals surface area contributed by atoms with Gasteiger partial charge in [-0.25, -0.2) is 5.01 Å². The zero-order valence-corrected chi connectivity index (χ0v) is 19.8. The molecule has 4 aromatic carbocycles. The van der Waals surface area contributed by atoms with Crippen LogP contribution >= 0.6 is 0 Å². The first-order valence-electron chi connectivity index (χ1n) is 11.6. The number of amides is 2. The molecule has 2 amide bonds. The summed E-state index contributed by atoms with van der Waals surface area (Å²) < 4.78 is 11.0. The summed E-state index contributed by atoms with van der Waals surface area (Å²) in [6, 6.07) is 28.1. The number of carbonyl (C=O) groups is 2. The lowest BCUT2D eigenvalue weighted by Gasteiger charge is -2.22. The van der Waals surface area contributed by atoms with Crippen molar-refractivity contribution in [2.45, 2.75) is 12.5 Å². The minimum absolute atomic E-state index is 0.197. The van der Waals surface area contributed by atoms with Gasteiger partial charge in [-0.05, 0) is 64.4 Å². The Hall–Kier alpha value is -4.65. The molecule has 1 aliphatic rings. The summed E-state index contributed by atoms with van der Waals surface area (Å²) in [5.41, 5.74) is 8.42. The molecule has 1 aliphatic heterocycles. The Morgan fingerprint density at radius 2 is 1.61 bits per heavy atom. The van der Waals surface area contributed by atoms with Gasteiger partial charge < -0.3 is 15.2 Å². The van der Waals surface area contributed by atoms with Crippen LogP contribution in [0.2, 0.25) is 0 Å². The molecule has 0 aromatic heterocycles. The van der Waals surface area contributed by atoms with E-state index in [4.69, 9.17) is 20.3 Å². The second-order valence-corrected chi connectivity index (χ2v) is 8.52. The summed E-state index contributed by atoms with van der Waals surface area (Å²) in [7, 11) is 1.62. The molecular weight excluding hydrogens is 454 g/mol. The van der Waals surface area contributed by atoms with Crippen molar-refractivity contribution in [3.63, 3.8) is 0 Å². The summed E-state index contributed by atoms with van der Waals surface area (Å²) in [6.07, 6.45) is 0.573. The topological polar surface area (TPSA) is 94.2 Å². The summed E-state index contributed by atoms with van der Waals surface area (Å²) in [5.74, 6) is 0.415. The van der Waals surface area contributed by atoms with Crippen LogP contribution in [-0.4, -0.2) is 36.3 Å². The predicted octanol–water partition coefficient (Wildman–Crippen LogP) is 4.70. The number of ether oxygens (including phenoxy) is 2. The van der Waals surface area contributed by atoms with Gasteiger partial charge in [0, 0.05) is 12.0 Å². The zero-order chi connectivity index (χ0) is 25.1. The summed E-state index contributed by atoms with van der Waals surface area (Å²) >= 11 is 0. The smallest absolute Gasteiger partial charge is 0.281 e. The molecule has 1 unspecified atom stereocenters. The van der Waals surface area contributed by atoms with Gasteiger partial charge in [0.15, 0.2) is 6.61 Å². The Labute approximate surface area is 208 Å². The van der Waals surface area contributed by atoms with Crippen molar-refractivity contribution in [3.05, 3.63) is 108 Å². The number of benzene rings is 4. The lowest BCUT2D eigenvalue weighted by molar-refractivity contribution is -0.135. The number of nitrogens with zero attached hydrogens (tertiary/aromatic N) is 2. The Balaban J connectivity index is 1.40. The fourth-order valence-electron chi connectivity index (χ4n) is 4.30. The van der Waals surface area contributed by atoms with Gasteiger partial charge in [-0.3, -0.25) is 9.59 Å². The molecular formula is C29H25N3O4. The molecule has 1 atom stereocenters. The molecule has 7 heteroatoms. The molecule has 0 saturated carbocycles. The van der Waals surface area contributed by atoms with Crippen molar-refractivity contribution in [1.29, 1.82) is 0 Å². The second-order valence-electron chi connectivity index (χ2n) is 8.52. The van der Waals surface area contributed by atoms with E-state index >= 15 is 0 Å². The van der Waals surface area contributed by atoms with Crippen LogP contribution in [0.3, 0.4) is 0 Å². The number of rotatable bonds is 7. The number of hydrogen-bond donors (Lipinski definition) is 1. The molecule has 0 spiro atoms. The monoisotopic (exact) mass is 479 g/mol. The van der Waals surface area contributed by atoms with Gasteiger partial charge in [-0.1, -0.05) is 48.5 Å². The van der Waals surface area contributed by atoms with E-state index in [-0.39, 0.29) is 18.6 Å². The van der Waals surface area contributed by atoms with Crippen LogP contribution in [0.1, 0.15) is 33.9 Å². The summed E-state index contributed by atoms with van der Waals surface area (Å²) in [5, 5.41) is 8.51. The van der Waals surface area contributed by atoms with E-state index < -0.39 is 5.91 Å². The maximum absolute atomic E-state index is 13.3. The van der Waals surface area contributed by atoms with Crippen LogP contribution in [0, 0.1) is 0 Å². The number of carbonyl (C=O) groups excluding carboxylic acids is 2. The molecule has 180 valence electrons. The van der Waals surface area contributed by atoms with Crippen LogP contribution in [-0.2, 0) is 4.79 Å². The fraction of sp³-hybridized carbons (Fsp3) is 0.138. The summed E-state index contributed by atoms with van der Waals surface area (Å²) in [6.45, 7) is -0.197. The van der Waals surface area contributed by atoms with Gasteiger partial charge in [-0.2, -0.15) is 5.10 Å². The van der Waals surface area contributed by atoms with E-state index in [2.05, 4.69) is 24.3 Å². The normalized spacial score (nSPS) is 15.0. The lowest BCUT2D eigenvalue weighted by Crippen LogP contribution is -2.31. The highest BCUT2D eigenvalue weighted by Crippen LogP contribution is 2.34. The van der Waals surface area contributed by atoms with Gasteiger partial charge in [0.05, 0.1) is 18.9 Å². The van der Waals surface area contributed by atoms with Crippen molar-refractivity contribution >= 4 is 28.3 Å². The largest absolute Gasteiger partial charge is 0.497 e. The second kappa shape index (κ2) is 9.92. The highest BCUT2D eigenvalue weighted by molar-refractivity contribution is 6.05. The van der Waals surface area contributed by atoms with Crippen LogP contribution in [0.5, 0.6) is 11.5 Å². The quantitative estimate of drug-likeness (QED) is 0.416.